The molecular formula is C17H23N3O6. The van der Waals surface area contributed by atoms with Gasteiger partial charge in [-0.15, -0.1) is 0 Å². The van der Waals surface area contributed by atoms with Gasteiger partial charge in [-0.05, 0) is 24.7 Å². The molecule has 9 heteroatoms. The zero-order chi connectivity index (χ0) is 18.8. The fourth-order valence-corrected chi connectivity index (χ4v) is 2.97. The van der Waals surface area contributed by atoms with Crippen molar-refractivity contribution in [3.63, 3.8) is 0 Å². The molecule has 0 bridgehead atoms. The molecule has 2 fully saturated rings. The van der Waals surface area contributed by atoms with Crippen LogP contribution in [0, 0.1) is 11.8 Å². The third-order valence-corrected chi connectivity index (χ3v) is 4.94. The molecule has 9 nitrogen and oxygen atoms in total. The minimum Gasteiger partial charge on any atom is -0.494 e. The Balaban J connectivity index is 1.95. The van der Waals surface area contributed by atoms with Gasteiger partial charge >= 0.3 is 11.7 Å². The number of hydrogen-bond donors (Lipinski definition) is 3. The van der Waals surface area contributed by atoms with Crippen LogP contribution in [0.4, 0.5) is 0 Å². The lowest BCUT2D eigenvalue weighted by Gasteiger charge is -2.15. The molecule has 2 aliphatic rings. The minimum absolute atomic E-state index is 0.186. The molecule has 0 aliphatic heterocycles. The predicted octanol–water partition coefficient (Wildman–Crippen LogP) is 0.130. The Labute approximate surface area is 149 Å². The molecule has 2 aliphatic carbocycles. The Morgan fingerprint density at radius 2 is 1.54 bits per heavy atom. The van der Waals surface area contributed by atoms with Crippen molar-refractivity contribution in [1.29, 1.82) is 0 Å². The molecule has 1 aromatic rings. The fourth-order valence-electron chi connectivity index (χ4n) is 2.97. The standard InChI is InChI=1S/C17H23N3O6/c21-12(22)9-18-14(23)13-15(24)19(7-5-10-1-2-10)17(26)20(16(13)25)8-6-11-3-4-11/h10-11,24H,1-9H2,(H,18,23)(H,21,22). The fraction of sp³-hybridized carbons (Fsp3) is 0.647. The summed E-state index contributed by atoms with van der Waals surface area (Å²) in [5, 5.41) is 21.1. The van der Waals surface area contributed by atoms with E-state index in [4.69, 9.17) is 5.11 Å². The summed E-state index contributed by atoms with van der Waals surface area (Å²) in [5.74, 6) is -1.97. The Kier molecular flexibility index (Phi) is 5.15. The van der Waals surface area contributed by atoms with E-state index < -0.39 is 41.1 Å². The lowest BCUT2D eigenvalue weighted by atomic mass is 10.2. The first-order chi connectivity index (χ1) is 12.4. The van der Waals surface area contributed by atoms with Gasteiger partial charge < -0.3 is 15.5 Å². The summed E-state index contributed by atoms with van der Waals surface area (Å²) in [6.07, 6.45) is 5.62. The highest BCUT2D eigenvalue weighted by molar-refractivity contribution is 5.97. The Hall–Kier alpha value is -2.58. The first-order valence-corrected chi connectivity index (χ1v) is 8.95. The monoisotopic (exact) mass is 365 g/mol. The second-order valence-corrected chi connectivity index (χ2v) is 7.13. The number of carbonyl (C=O) groups excluding carboxylic acids is 1. The molecule has 1 aromatic heterocycles. The van der Waals surface area contributed by atoms with E-state index in [0.717, 1.165) is 34.8 Å². The van der Waals surface area contributed by atoms with Crippen molar-refractivity contribution in [3.8, 4) is 5.88 Å². The lowest BCUT2D eigenvalue weighted by molar-refractivity contribution is -0.135. The molecule has 0 radical (unpaired) electrons. The Bertz CT molecular complexity index is 832. The van der Waals surface area contributed by atoms with Crippen LogP contribution in [-0.4, -0.2) is 37.8 Å². The number of aromatic hydroxyl groups is 1. The van der Waals surface area contributed by atoms with Gasteiger partial charge in [0, 0.05) is 13.1 Å². The molecule has 0 aromatic carbocycles. The number of amides is 1. The van der Waals surface area contributed by atoms with Crippen LogP contribution in [-0.2, 0) is 17.9 Å². The van der Waals surface area contributed by atoms with Crippen molar-refractivity contribution < 1.29 is 19.8 Å². The van der Waals surface area contributed by atoms with E-state index in [-0.39, 0.29) is 13.1 Å². The van der Waals surface area contributed by atoms with Crippen molar-refractivity contribution in [2.75, 3.05) is 6.54 Å². The molecule has 3 N–H and O–H groups in total. The normalized spacial score (nSPS) is 16.5. The van der Waals surface area contributed by atoms with Crippen LogP contribution in [0.25, 0.3) is 0 Å². The van der Waals surface area contributed by atoms with Crippen molar-refractivity contribution in [2.45, 2.75) is 51.6 Å². The largest absolute Gasteiger partial charge is 0.494 e. The van der Waals surface area contributed by atoms with Crippen LogP contribution in [0.15, 0.2) is 9.59 Å². The number of carboxylic acids is 1. The van der Waals surface area contributed by atoms with Crippen LogP contribution < -0.4 is 16.6 Å². The van der Waals surface area contributed by atoms with Gasteiger partial charge in [0.2, 0.25) is 5.88 Å². The quantitative estimate of drug-likeness (QED) is 0.570. The van der Waals surface area contributed by atoms with E-state index >= 15 is 0 Å². The Morgan fingerprint density at radius 3 is 2.04 bits per heavy atom. The zero-order valence-corrected chi connectivity index (χ0v) is 14.4. The molecule has 0 atom stereocenters. The third-order valence-electron chi connectivity index (χ3n) is 4.94. The third kappa shape index (κ3) is 4.14. The lowest BCUT2D eigenvalue weighted by Crippen LogP contribution is -2.45. The highest BCUT2D eigenvalue weighted by Crippen LogP contribution is 2.33. The van der Waals surface area contributed by atoms with Crippen LogP contribution in [0.1, 0.15) is 48.9 Å². The number of nitrogens with one attached hydrogen (secondary N) is 1. The molecule has 1 amide bonds. The highest BCUT2D eigenvalue weighted by Gasteiger charge is 2.28. The molecule has 0 saturated heterocycles. The molecule has 1 heterocycles. The van der Waals surface area contributed by atoms with E-state index in [1.807, 2.05) is 0 Å². The first-order valence-electron chi connectivity index (χ1n) is 8.95. The van der Waals surface area contributed by atoms with Crippen molar-refractivity contribution in [1.82, 2.24) is 14.5 Å². The van der Waals surface area contributed by atoms with Crippen LogP contribution in [0.2, 0.25) is 0 Å². The van der Waals surface area contributed by atoms with Gasteiger partial charge in [0.15, 0.2) is 5.56 Å². The second-order valence-electron chi connectivity index (χ2n) is 7.13. The summed E-state index contributed by atoms with van der Waals surface area (Å²) in [5.41, 5.74) is -2.07. The molecule has 2 saturated carbocycles. The molecule has 26 heavy (non-hydrogen) atoms. The first kappa shape index (κ1) is 18.2. The number of hydrogen-bond acceptors (Lipinski definition) is 5. The summed E-state index contributed by atoms with van der Waals surface area (Å²) in [6, 6.07) is 0. The zero-order valence-electron chi connectivity index (χ0n) is 14.4. The van der Waals surface area contributed by atoms with Gasteiger partial charge in [-0.25, -0.2) is 4.79 Å². The van der Waals surface area contributed by atoms with Gasteiger partial charge in [0.1, 0.15) is 6.54 Å². The van der Waals surface area contributed by atoms with Gasteiger partial charge in [-0.2, -0.15) is 0 Å². The average Bonchev–Trinajstić information content (AvgIpc) is 3.46. The summed E-state index contributed by atoms with van der Waals surface area (Å²) >= 11 is 0. The molecule has 0 unspecified atom stereocenters. The summed E-state index contributed by atoms with van der Waals surface area (Å²) in [4.78, 5) is 48.2. The average molecular weight is 365 g/mol. The molecular weight excluding hydrogens is 342 g/mol. The predicted molar refractivity (Wildman–Crippen MR) is 91.3 cm³/mol. The van der Waals surface area contributed by atoms with E-state index in [2.05, 4.69) is 5.32 Å². The molecule has 3 rings (SSSR count). The molecule has 0 spiro atoms. The van der Waals surface area contributed by atoms with Gasteiger partial charge in [0.25, 0.3) is 11.5 Å². The van der Waals surface area contributed by atoms with E-state index in [1.54, 1.807) is 0 Å². The second kappa shape index (κ2) is 7.35. The SMILES string of the molecule is O=C(O)CNC(=O)c1c(O)n(CCC2CC2)c(=O)n(CCC2CC2)c1=O. The summed E-state index contributed by atoms with van der Waals surface area (Å²) in [7, 11) is 0. The van der Waals surface area contributed by atoms with Crippen molar-refractivity contribution in [2.24, 2.45) is 11.8 Å². The van der Waals surface area contributed by atoms with Crippen LogP contribution >= 0.6 is 0 Å². The number of aromatic nitrogens is 2. The van der Waals surface area contributed by atoms with E-state index in [9.17, 15) is 24.3 Å². The highest BCUT2D eigenvalue weighted by atomic mass is 16.4. The maximum Gasteiger partial charge on any atom is 0.333 e. The van der Waals surface area contributed by atoms with Crippen LogP contribution in [0.3, 0.4) is 0 Å². The number of nitrogens with zero attached hydrogens (tertiary/aromatic N) is 2. The van der Waals surface area contributed by atoms with Crippen LogP contribution in [0.5, 0.6) is 5.88 Å². The number of carboxylic acid groups (broad SMARTS) is 1. The molecule has 142 valence electrons. The summed E-state index contributed by atoms with van der Waals surface area (Å²) < 4.78 is 2.04. The maximum atomic E-state index is 12.7. The van der Waals surface area contributed by atoms with E-state index in [1.165, 1.54) is 0 Å². The maximum absolute atomic E-state index is 12.7. The van der Waals surface area contributed by atoms with E-state index in [0.29, 0.717) is 24.7 Å². The topological polar surface area (TPSA) is 131 Å². The number of rotatable bonds is 9. The number of aliphatic carboxylic acids is 1. The smallest absolute Gasteiger partial charge is 0.333 e. The van der Waals surface area contributed by atoms with Gasteiger partial charge in [0.05, 0.1) is 0 Å². The van der Waals surface area contributed by atoms with Crippen molar-refractivity contribution in [3.05, 3.63) is 26.4 Å². The summed E-state index contributed by atoms with van der Waals surface area (Å²) in [6.45, 7) is -0.273. The van der Waals surface area contributed by atoms with Gasteiger partial charge in [-0.3, -0.25) is 23.5 Å². The van der Waals surface area contributed by atoms with Gasteiger partial charge in [-0.1, -0.05) is 25.7 Å². The van der Waals surface area contributed by atoms with Crippen molar-refractivity contribution >= 4 is 11.9 Å². The minimum atomic E-state index is -1.27. The number of carbonyl (C=O) groups is 2. The Morgan fingerprint density at radius 1 is 1.00 bits per heavy atom.